The number of aromatic nitrogens is 1. The summed E-state index contributed by atoms with van der Waals surface area (Å²) in [6.07, 6.45) is -0.148. The minimum Gasteiger partial charge on any atom is -0.494 e. The van der Waals surface area contributed by atoms with Crippen LogP contribution in [0.15, 0.2) is 65.5 Å². The summed E-state index contributed by atoms with van der Waals surface area (Å²) in [6, 6.07) is 12.7. The Morgan fingerprint density at radius 1 is 1.11 bits per heavy atom. The number of carbonyl (C=O) groups excluding carboxylic acids is 2. The van der Waals surface area contributed by atoms with Crippen molar-refractivity contribution in [1.29, 1.82) is 0 Å². The van der Waals surface area contributed by atoms with Gasteiger partial charge in [0.2, 0.25) is 5.91 Å². The van der Waals surface area contributed by atoms with Gasteiger partial charge in [-0.2, -0.15) is 0 Å². The van der Waals surface area contributed by atoms with E-state index in [0.29, 0.717) is 10.7 Å². The second-order valence-electron chi connectivity index (χ2n) is 7.91. The second-order valence-corrected chi connectivity index (χ2v) is 8.35. The zero-order chi connectivity index (χ0) is 25.1. The quantitative estimate of drug-likeness (QED) is 0.495. The highest BCUT2D eigenvalue weighted by atomic mass is 35.5. The van der Waals surface area contributed by atoms with Crippen molar-refractivity contribution in [2.24, 2.45) is 0 Å². The number of hydrogen-bond acceptors (Lipinski definition) is 5. The molecule has 35 heavy (non-hydrogen) atoms. The fraction of sp³-hybridized carbons (Fsp3) is 0.208. The van der Waals surface area contributed by atoms with Crippen molar-refractivity contribution in [3.8, 4) is 11.6 Å². The Morgan fingerprint density at radius 2 is 1.86 bits per heavy atom. The molecule has 9 nitrogen and oxygen atoms in total. The smallest absolute Gasteiger partial charge is 0.322 e. The number of nitrogens with one attached hydrogen (secondary N) is 2. The molecule has 4 rings (SSSR count). The summed E-state index contributed by atoms with van der Waals surface area (Å²) in [5, 5.41) is 15.7. The lowest BCUT2D eigenvalue weighted by Gasteiger charge is -2.24. The number of anilines is 2. The van der Waals surface area contributed by atoms with Gasteiger partial charge in [0, 0.05) is 42.9 Å². The van der Waals surface area contributed by atoms with Crippen LogP contribution >= 0.6 is 11.6 Å². The lowest BCUT2D eigenvalue weighted by Crippen LogP contribution is -2.45. The Kier molecular flexibility index (Phi) is 7.04. The van der Waals surface area contributed by atoms with Crippen molar-refractivity contribution < 1.29 is 23.8 Å². The first-order valence-corrected chi connectivity index (χ1v) is 11.0. The van der Waals surface area contributed by atoms with Crippen LogP contribution in [0, 0.1) is 5.82 Å². The fourth-order valence-corrected chi connectivity index (χ4v) is 3.99. The van der Waals surface area contributed by atoms with E-state index in [0.717, 1.165) is 10.6 Å². The predicted octanol–water partition coefficient (Wildman–Crippen LogP) is 3.60. The van der Waals surface area contributed by atoms with E-state index in [2.05, 4.69) is 10.6 Å². The number of nitrogens with zero attached hydrogens (tertiary/aromatic N) is 2. The van der Waals surface area contributed by atoms with Crippen molar-refractivity contribution in [1.82, 2.24) is 9.47 Å². The van der Waals surface area contributed by atoms with E-state index in [1.165, 1.54) is 42.3 Å². The molecule has 0 unspecified atom stereocenters. The van der Waals surface area contributed by atoms with Gasteiger partial charge in [-0.1, -0.05) is 17.7 Å². The van der Waals surface area contributed by atoms with Gasteiger partial charge in [0.05, 0.1) is 17.5 Å². The highest BCUT2D eigenvalue weighted by Gasteiger charge is 2.40. The third-order valence-electron chi connectivity index (χ3n) is 5.66. The molecule has 3 N–H and O–H groups in total. The number of methoxy groups -OCH3 is 1. The predicted molar refractivity (Wildman–Crippen MR) is 129 cm³/mol. The Morgan fingerprint density at radius 3 is 2.51 bits per heavy atom. The number of benzene rings is 2. The first-order chi connectivity index (χ1) is 16.8. The Labute approximate surface area is 204 Å². The van der Waals surface area contributed by atoms with Gasteiger partial charge in [0.1, 0.15) is 11.9 Å². The van der Waals surface area contributed by atoms with Crippen LogP contribution in [0.3, 0.4) is 0 Å². The van der Waals surface area contributed by atoms with Crippen LogP contribution in [-0.2, 0) is 9.53 Å². The molecular weight excluding hydrogens is 479 g/mol. The second kappa shape index (κ2) is 10.2. The normalized spacial score (nSPS) is 17.3. The topological polar surface area (TPSA) is 113 Å². The van der Waals surface area contributed by atoms with E-state index in [-0.39, 0.29) is 36.3 Å². The molecule has 11 heteroatoms. The van der Waals surface area contributed by atoms with E-state index in [4.69, 9.17) is 16.3 Å². The van der Waals surface area contributed by atoms with Gasteiger partial charge >= 0.3 is 6.03 Å². The summed E-state index contributed by atoms with van der Waals surface area (Å²) in [5.41, 5.74) is -0.0883. The van der Waals surface area contributed by atoms with Crippen LogP contribution < -0.4 is 16.2 Å². The van der Waals surface area contributed by atoms with Gasteiger partial charge < -0.3 is 25.4 Å². The number of carbonyl (C=O) groups is 2. The Balaban J connectivity index is 1.51. The van der Waals surface area contributed by atoms with Crippen LogP contribution in [0.4, 0.5) is 20.6 Å². The number of ether oxygens (including phenoxy) is 1. The van der Waals surface area contributed by atoms with Crippen LogP contribution in [0.5, 0.6) is 5.88 Å². The number of hydrogen-bond donors (Lipinski definition) is 3. The maximum absolute atomic E-state index is 14.8. The van der Waals surface area contributed by atoms with Crippen molar-refractivity contribution in [3.05, 3.63) is 81.9 Å². The molecule has 3 aromatic rings. The average Bonchev–Trinajstić information content (AvgIpc) is 3.27. The molecule has 2 heterocycles. The summed E-state index contributed by atoms with van der Waals surface area (Å²) in [7, 11) is 1.49. The Bertz CT molecular complexity index is 1310. The summed E-state index contributed by atoms with van der Waals surface area (Å²) in [4.78, 5) is 39.3. The highest BCUT2D eigenvalue weighted by molar-refractivity contribution is 6.30. The molecule has 2 atom stereocenters. The van der Waals surface area contributed by atoms with Crippen LogP contribution in [0.2, 0.25) is 5.02 Å². The van der Waals surface area contributed by atoms with Crippen LogP contribution in [-0.4, -0.2) is 52.3 Å². The number of halogens is 2. The zero-order valence-corrected chi connectivity index (χ0v) is 19.3. The molecule has 0 saturated carbocycles. The van der Waals surface area contributed by atoms with Gasteiger partial charge in [0.15, 0.2) is 5.88 Å². The van der Waals surface area contributed by atoms with Crippen LogP contribution in [0.1, 0.15) is 6.42 Å². The van der Waals surface area contributed by atoms with E-state index in [9.17, 15) is 23.9 Å². The lowest BCUT2D eigenvalue weighted by molar-refractivity contribution is -0.119. The third-order valence-corrected chi connectivity index (χ3v) is 5.91. The number of amides is 3. The minimum atomic E-state index is -0.910. The van der Waals surface area contributed by atoms with E-state index in [1.54, 1.807) is 24.3 Å². The summed E-state index contributed by atoms with van der Waals surface area (Å²) >= 11 is 5.88. The average molecular weight is 501 g/mol. The van der Waals surface area contributed by atoms with E-state index < -0.39 is 29.4 Å². The van der Waals surface area contributed by atoms with Crippen LogP contribution in [0.25, 0.3) is 5.69 Å². The highest BCUT2D eigenvalue weighted by Crippen LogP contribution is 2.25. The largest absolute Gasteiger partial charge is 0.494 e. The number of likely N-dealkylation sites (tertiary alicyclic amines) is 1. The van der Waals surface area contributed by atoms with Gasteiger partial charge in [-0.3, -0.25) is 9.59 Å². The monoisotopic (exact) mass is 500 g/mol. The van der Waals surface area contributed by atoms with Gasteiger partial charge in [0.25, 0.3) is 5.56 Å². The molecule has 0 aliphatic carbocycles. The molecule has 182 valence electrons. The van der Waals surface area contributed by atoms with E-state index >= 15 is 0 Å². The SMILES string of the molecule is CO[C@@H]1C[C@H](C(=O)Nc2ccc(-n3c(O)cccc3=O)cc2F)N(C(=O)Nc2ccc(Cl)cc2)C1. The summed E-state index contributed by atoms with van der Waals surface area (Å²) in [5.74, 6) is -1.76. The molecule has 1 aromatic heterocycles. The maximum Gasteiger partial charge on any atom is 0.322 e. The molecule has 3 amide bonds. The molecule has 1 aliphatic rings. The van der Waals surface area contributed by atoms with Gasteiger partial charge in [-0.25, -0.2) is 13.8 Å². The summed E-state index contributed by atoms with van der Waals surface area (Å²) in [6.45, 7) is 0.172. The molecular formula is C24H22ClFN4O5. The molecule has 0 spiro atoms. The minimum absolute atomic E-state index is 0.0906. The first-order valence-electron chi connectivity index (χ1n) is 10.6. The lowest BCUT2D eigenvalue weighted by atomic mass is 10.1. The standard InChI is InChI=1S/C24H22ClFN4O5/c1-35-17-12-20(29(13-17)24(34)27-15-7-5-14(25)6-8-15)23(33)28-19-10-9-16(11-18(19)26)30-21(31)3-2-4-22(30)32/h2-11,17,20,31H,12-13H2,1H3,(H,27,34)(H,28,33)/t17-,20-/m1/s1. The van der Waals surface area contributed by atoms with E-state index in [1.807, 2.05) is 0 Å². The molecule has 1 fully saturated rings. The third kappa shape index (κ3) is 5.28. The molecule has 1 saturated heterocycles. The molecule has 1 aliphatic heterocycles. The van der Waals surface area contributed by atoms with Crippen molar-refractivity contribution in [2.75, 3.05) is 24.3 Å². The summed E-state index contributed by atoms with van der Waals surface area (Å²) < 4.78 is 21.1. The first kappa shape index (κ1) is 24.2. The maximum atomic E-state index is 14.8. The zero-order valence-electron chi connectivity index (χ0n) is 18.6. The van der Waals surface area contributed by atoms with Crippen molar-refractivity contribution in [2.45, 2.75) is 18.6 Å². The Hall–Kier alpha value is -3.89. The number of pyridine rings is 1. The molecule has 0 radical (unpaired) electrons. The number of urea groups is 1. The van der Waals surface area contributed by atoms with Gasteiger partial charge in [-0.05, 0) is 42.5 Å². The number of aromatic hydroxyl groups is 1. The van der Waals surface area contributed by atoms with Crippen molar-refractivity contribution in [3.63, 3.8) is 0 Å². The molecule has 2 aromatic carbocycles. The number of rotatable bonds is 5. The van der Waals surface area contributed by atoms with Gasteiger partial charge in [-0.15, -0.1) is 0 Å². The van der Waals surface area contributed by atoms with Crippen molar-refractivity contribution >= 4 is 34.9 Å². The molecule has 0 bridgehead atoms. The fourth-order valence-electron chi connectivity index (χ4n) is 3.87.